The van der Waals surface area contributed by atoms with Crippen molar-refractivity contribution in [3.8, 4) is 0 Å². The largest absolute Gasteiger partial charge is 0.462 e. The van der Waals surface area contributed by atoms with E-state index in [1.807, 2.05) is 14.4 Å². The van der Waals surface area contributed by atoms with Gasteiger partial charge in [0, 0.05) is 50.9 Å². The SMILES string of the molecule is CCOC(=O)c1cn(C2CC2)c2cc(N3CCN(c4ccc(N5C[C@H](CNC(=S)NC)OC5=O)cc4F)CC3)c(F)cc2c1=O. The summed E-state index contributed by atoms with van der Waals surface area (Å²) in [6, 6.07) is 7.66. The van der Waals surface area contributed by atoms with Crippen LogP contribution in [0.1, 0.15) is 36.2 Å². The van der Waals surface area contributed by atoms with E-state index in [1.54, 1.807) is 32.2 Å². The van der Waals surface area contributed by atoms with Crippen molar-refractivity contribution in [3.05, 3.63) is 63.9 Å². The second kappa shape index (κ2) is 12.5. The average Bonchev–Trinajstić information content (AvgIpc) is 3.81. The first-order chi connectivity index (χ1) is 21.7. The van der Waals surface area contributed by atoms with E-state index in [1.165, 1.54) is 23.2 Å². The maximum atomic E-state index is 15.5. The number of anilines is 3. The third kappa shape index (κ3) is 6.10. The van der Waals surface area contributed by atoms with Crippen molar-refractivity contribution in [2.45, 2.75) is 31.9 Å². The molecule has 1 aromatic heterocycles. The summed E-state index contributed by atoms with van der Waals surface area (Å²) in [4.78, 5) is 43.2. The van der Waals surface area contributed by atoms with Crippen LogP contribution in [-0.2, 0) is 9.47 Å². The van der Waals surface area contributed by atoms with Gasteiger partial charge in [0.2, 0.25) is 5.43 Å². The van der Waals surface area contributed by atoms with Gasteiger partial charge < -0.3 is 34.5 Å². The Hall–Kier alpha value is -4.46. The van der Waals surface area contributed by atoms with Crippen LogP contribution in [0.4, 0.5) is 30.6 Å². The van der Waals surface area contributed by atoms with Crippen molar-refractivity contribution in [1.82, 2.24) is 15.2 Å². The summed E-state index contributed by atoms with van der Waals surface area (Å²) < 4.78 is 43.2. The zero-order valence-electron chi connectivity index (χ0n) is 25.0. The van der Waals surface area contributed by atoms with Gasteiger partial charge in [0.05, 0.1) is 42.3 Å². The zero-order chi connectivity index (χ0) is 31.8. The fourth-order valence-electron chi connectivity index (χ4n) is 5.85. The highest BCUT2D eigenvalue weighted by atomic mass is 32.1. The molecule has 0 spiro atoms. The quantitative estimate of drug-likeness (QED) is 0.281. The molecule has 3 fully saturated rings. The lowest BCUT2D eigenvalue weighted by atomic mass is 10.1. The van der Waals surface area contributed by atoms with Crippen molar-refractivity contribution >= 4 is 57.4 Å². The molecule has 2 aliphatic heterocycles. The van der Waals surface area contributed by atoms with Gasteiger partial charge in [-0.05, 0) is 62.3 Å². The molecule has 1 amide bonds. The third-order valence-electron chi connectivity index (χ3n) is 8.33. The summed E-state index contributed by atoms with van der Waals surface area (Å²) in [6.07, 6.45) is 2.34. The predicted octanol–water partition coefficient (Wildman–Crippen LogP) is 3.54. The highest BCUT2D eigenvalue weighted by Crippen LogP contribution is 2.38. The summed E-state index contributed by atoms with van der Waals surface area (Å²) in [5.41, 5.74) is 1.04. The van der Waals surface area contributed by atoms with Crippen LogP contribution in [0.3, 0.4) is 0 Å². The molecule has 1 saturated carbocycles. The van der Waals surface area contributed by atoms with Crippen molar-refractivity contribution in [1.29, 1.82) is 0 Å². The monoisotopic (exact) mass is 640 g/mol. The number of nitrogens with zero attached hydrogens (tertiary/aromatic N) is 4. The van der Waals surface area contributed by atoms with E-state index in [0.717, 1.165) is 12.8 Å². The van der Waals surface area contributed by atoms with Crippen molar-refractivity contribution < 1.29 is 27.8 Å². The minimum absolute atomic E-state index is 0.0994. The van der Waals surface area contributed by atoms with Crippen LogP contribution in [0.15, 0.2) is 41.3 Å². The average molecular weight is 641 g/mol. The number of benzene rings is 2. The number of fused-ring (bicyclic) bond motifs is 1. The maximum Gasteiger partial charge on any atom is 0.414 e. The fourth-order valence-corrected chi connectivity index (χ4v) is 5.94. The van der Waals surface area contributed by atoms with E-state index < -0.39 is 35.2 Å². The Bertz CT molecular complexity index is 1720. The number of halogens is 2. The van der Waals surface area contributed by atoms with Crippen molar-refractivity contribution in [2.75, 3.05) is 67.6 Å². The van der Waals surface area contributed by atoms with Crippen LogP contribution in [0.25, 0.3) is 10.9 Å². The number of esters is 1. The zero-order valence-corrected chi connectivity index (χ0v) is 25.8. The molecule has 2 N–H and O–H groups in total. The highest BCUT2D eigenvalue weighted by molar-refractivity contribution is 7.80. The molecule has 14 heteroatoms. The summed E-state index contributed by atoms with van der Waals surface area (Å²) in [6.45, 7) is 4.07. The van der Waals surface area contributed by atoms with Crippen LogP contribution in [0, 0.1) is 11.6 Å². The lowest BCUT2D eigenvalue weighted by Crippen LogP contribution is -2.47. The number of ether oxygens (including phenoxy) is 2. The molecular weight excluding hydrogens is 606 g/mol. The van der Waals surface area contributed by atoms with Gasteiger partial charge in [-0.15, -0.1) is 0 Å². The number of hydrogen-bond donors (Lipinski definition) is 2. The number of pyridine rings is 1. The third-order valence-corrected chi connectivity index (χ3v) is 8.68. The van der Waals surface area contributed by atoms with E-state index >= 15 is 8.78 Å². The van der Waals surface area contributed by atoms with Crippen LogP contribution in [0.5, 0.6) is 0 Å². The van der Waals surface area contributed by atoms with Crippen LogP contribution in [0.2, 0.25) is 0 Å². The number of rotatable bonds is 8. The fraction of sp³-hybridized carbons (Fsp3) is 0.419. The van der Waals surface area contributed by atoms with Crippen LogP contribution >= 0.6 is 12.2 Å². The van der Waals surface area contributed by atoms with Gasteiger partial charge in [0.1, 0.15) is 23.3 Å². The molecule has 45 heavy (non-hydrogen) atoms. The molecule has 1 aliphatic carbocycles. The molecule has 3 aliphatic rings. The smallest absolute Gasteiger partial charge is 0.414 e. The number of hydrogen-bond acceptors (Lipinski definition) is 8. The number of nitrogens with one attached hydrogen (secondary N) is 2. The number of cyclic esters (lactones) is 1. The predicted molar refractivity (Wildman–Crippen MR) is 170 cm³/mol. The van der Waals surface area contributed by atoms with Crippen molar-refractivity contribution in [2.24, 2.45) is 0 Å². The Labute approximate surface area is 263 Å². The summed E-state index contributed by atoms with van der Waals surface area (Å²) in [5, 5.41) is 6.33. The topological polar surface area (TPSA) is 108 Å². The molecule has 0 bridgehead atoms. The second-order valence-corrected chi connectivity index (χ2v) is 11.6. The van der Waals surface area contributed by atoms with Crippen LogP contribution in [-0.4, -0.2) is 80.8 Å². The Balaban J connectivity index is 1.16. The van der Waals surface area contributed by atoms with Gasteiger partial charge in [-0.1, -0.05) is 0 Å². The summed E-state index contributed by atoms with van der Waals surface area (Å²) in [5.74, 6) is -1.76. The summed E-state index contributed by atoms with van der Waals surface area (Å²) >= 11 is 5.06. The lowest BCUT2D eigenvalue weighted by Gasteiger charge is -2.37. The van der Waals surface area contributed by atoms with Gasteiger partial charge in [-0.2, -0.15) is 0 Å². The van der Waals surface area contributed by atoms with Gasteiger partial charge in [0.25, 0.3) is 0 Å². The van der Waals surface area contributed by atoms with E-state index in [9.17, 15) is 14.4 Å². The van der Waals surface area contributed by atoms with E-state index in [4.69, 9.17) is 21.7 Å². The first-order valence-corrected chi connectivity index (χ1v) is 15.4. The molecule has 0 unspecified atom stereocenters. The molecule has 11 nitrogen and oxygen atoms in total. The van der Waals surface area contributed by atoms with Gasteiger partial charge >= 0.3 is 12.1 Å². The minimum Gasteiger partial charge on any atom is -0.462 e. The van der Waals surface area contributed by atoms with Gasteiger partial charge in [-0.25, -0.2) is 18.4 Å². The van der Waals surface area contributed by atoms with Gasteiger partial charge in [-0.3, -0.25) is 9.69 Å². The lowest BCUT2D eigenvalue weighted by molar-refractivity contribution is 0.0524. The maximum absolute atomic E-state index is 15.5. The van der Waals surface area contributed by atoms with E-state index in [0.29, 0.717) is 60.4 Å². The van der Waals surface area contributed by atoms with Crippen molar-refractivity contribution in [3.63, 3.8) is 0 Å². The molecule has 2 saturated heterocycles. The molecule has 0 radical (unpaired) electrons. The number of carbonyl (C=O) groups excluding carboxylic acids is 2. The number of carbonyl (C=O) groups is 2. The molecule has 2 aromatic carbocycles. The normalized spacial score (nSPS) is 18.3. The van der Waals surface area contributed by atoms with Crippen LogP contribution < -0.4 is 30.8 Å². The number of aromatic nitrogens is 1. The number of amides is 1. The molecule has 3 heterocycles. The standard InChI is InChI=1S/C31H34F2N6O5S/c1-3-43-29(41)22-17-38(18-4-5-18)26-14-27(24(33)13-21(26)28(22)40)37-10-8-36(9-11-37)25-7-6-19(12-23(25)32)39-16-20(44-31(39)42)15-35-30(45)34-2/h6-7,12-14,17-18,20H,3-5,8-11,15-16H2,1-2H3,(H2,34,35,45)/t20-/m0/s1. The molecular formula is C31H34F2N6O5S. The number of piperazine rings is 1. The first kappa shape index (κ1) is 30.6. The van der Waals surface area contributed by atoms with E-state index in [2.05, 4.69) is 10.6 Å². The molecule has 238 valence electrons. The second-order valence-electron chi connectivity index (χ2n) is 11.2. The Morgan fingerprint density at radius 1 is 1.04 bits per heavy atom. The molecule has 6 rings (SSSR count). The Morgan fingerprint density at radius 2 is 1.73 bits per heavy atom. The number of thiocarbonyl (C=S) groups is 1. The summed E-state index contributed by atoms with van der Waals surface area (Å²) in [7, 11) is 1.69. The Kier molecular flexibility index (Phi) is 8.49. The highest BCUT2D eigenvalue weighted by Gasteiger charge is 2.33. The molecule has 1 atom stereocenters. The molecule has 3 aromatic rings. The minimum atomic E-state index is -0.716. The Morgan fingerprint density at radius 3 is 2.38 bits per heavy atom. The van der Waals surface area contributed by atoms with Gasteiger partial charge in [0.15, 0.2) is 5.11 Å². The van der Waals surface area contributed by atoms with E-state index in [-0.39, 0.29) is 30.1 Å². The first-order valence-electron chi connectivity index (χ1n) is 15.0.